The summed E-state index contributed by atoms with van der Waals surface area (Å²) in [5.74, 6) is 1.25. The molecule has 0 aromatic heterocycles. The second-order valence-electron chi connectivity index (χ2n) is 2.95. The maximum absolute atomic E-state index is 11.3. The quantitative estimate of drug-likeness (QED) is 0.738. The normalized spacial score (nSPS) is 9.80. The van der Waals surface area contributed by atoms with Crippen molar-refractivity contribution in [2.45, 2.75) is 5.75 Å². The molecule has 0 N–H and O–H groups in total. The SMILES string of the molecule is COC(=O)c1ccc(CSC)c(OC)c1. The van der Waals surface area contributed by atoms with Gasteiger partial charge in [-0.2, -0.15) is 11.8 Å². The molecule has 1 rings (SSSR count). The van der Waals surface area contributed by atoms with E-state index < -0.39 is 0 Å². The second kappa shape index (κ2) is 5.66. The minimum atomic E-state index is -0.344. The van der Waals surface area contributed by atoms with Crippen LogP contribution in [0.4, 0.5) is 0 Å². The van der Waals surface area contributed by atoms with Crippen LogP contribution < -0.4 is 4.74 Å². The molecule has 82 valence electrons. The van der Waals surface area contributed by atoms with Crippen LogP contribution in [0, 0.1) is 0 Å². The molecule has 1 aromatic carbocycles. The largest absolute Gasteiger partial charge is 0.496 e. The molecule has 0 radical (unpaired) electrons. The monoisotopic (exact) mass is 226 g/mol. The molecule has 0 aliphatic rings. The Morgan fingerprint density at radius 3 is 2.67 bits per heavy atom. The molecule has 0 aliphatic heterocycles. The molecule has 4 heteroatoms. The smallest absolute Gasteiger partial charge is 0.337 e. The van der Waals surface area contributed by atoms with Gasteiger partial charge in [-0.3, -0.25) is 0 Å². The average Bonchev–Trinajstić information content (AvgIpc) is 2.29. The lowest BCUT2D eigenvalue weighted by Gasteiger charge is -2.08. The average molecular weight is 226 g/mol. The molecule has 0 fully saturated rings. The Balaban J connectivity index is 3.01. The minimum Gasteiger partial charge on any atom is -0.496 e. The van der Waals surface area contributed by atoms with Crippen LogP contribution in [0.5, 0.6) is 5.75 Å². The molecule has 0 spiro atoms. The Hall–Kier alpha value is -1.16. The number of benzene rings is 1. The van der Waals surface area contributed by atoms with Gasteiger partial charge in [0.1, 0.15) is 5.75 Å². The predicted octanol–water partition coefficient (Wildman–Crippen LogP) is 2.34. The molecule has 1 aromatic rings. The maximum Gasteiger partial charge on any atom is 0.337 e. The van der Waals surface area contributed by atoms with Gasteiger partial charge in [0.15, 0.2) is 0 Å². The number of hydrogen-bond acceptors (Lipinski definition) is 4. The number of ether oxygens (including phenoxy) is 2. The minimum absolute atomic E-state index is 0.344. The van der Waals surface area contributed by atoms with Crippen LogP contribution in [0.25, 0.3) is 0 Å². The fourth-order valence-corrected chi connectivity index (χ4v) is 1.81. The first-order valence-electron chi connectivity index (χ1n) is 4.47. The Labute approximate surface area is 93.8 Å². The van der Waals surface area contributed by atoms with E-state index >= 15 is 0 Å². The molecule has 0 saturated heterocycles. The van der Waals surface area contributed by atoms with Crippen LogP contribution in [0.3, 0.4) is 0 Å². The first kappa shape index (κ1) is 11.9. The van der Waals surface area contributed by atoms with Gasteiger partial charge in [0.05, 0.1) is 19.8 Å². The molecule has 0 amide bonds. The molecule has 15 heavy (non-hydrogen) atoms. The highest BCUT2D eigenvalue weighted by Crippen LogP contribution is 2.23. The van der Waals surface area contributed by atoms with Crippen molar-refractivity contribution in [1.82, 2.24) is 0 Å². The lowest BCUT2D eigenvalue weighted by molar-refractivity contribution is 0.0600. The van der Waals surface area contributed by atoms with E-state index in [1.54, 1.807) is 31.0 Å². The van der Waals surface area contributed by atoms with E-state index in [0.717, 1.165) is 17.1 Å². The third-order valence-corrected chi connectivity index (χ3v) is 2.61. The van der Waals surface area contributed by atoms with Gasteiger partial charge in [-0.25, -0.2) is 4.79 Å². The van der Waals surface area contributed by atoms with Gasteiger partial charge >= 0.3 is 5.97 Å². The van der Waals surface area contributed by atoms with Crippen LogP contribution >= 0.6 is 11.8 Å². The van der Waals surface area contributed by atoms with Crippen molar-refractivity contribution in [3.8, 4) is 5.75 Å². The van der Waals surface area contributed by atoms with Gasteiger partial charge in [0.25, 0.3) is 0 Å². The van der Waals surface area contributed by atoms with Gasteiger partial charge in [0.2, 0.25) is 0 Å². The van der Waals surface area contributed by atoms with Gasteiger partial charge in [0, 0.05) is 11.3 Å². The molecule has 0 saturated carbocycles. The summed E-state index contributed by atoms with van der Waals surface area (Å²) in [5.41, 5.74) is 1.59. The third-order valence-electron chi connectivity index (χ3n) is 2.01. The standard InChI is InChI=1S/C11H14O3S/c1-13-10-6-8(11(12)14-2)4-5-9(10)7-15-3/h4-6H,7H2,1-3H3. The highest BCUT2D eigenvalue weighted by Gasteiger charge is 2.09. The Morgan fingerprint density at radius 2 is 2.13 bits per heavy atom. The van der Waals surface area contributed by atoms with Gasteiger partial charge in [-0.15, -0.1) is 0 Å². The number of thioether (sulfide) groups is 1. The first-order valence-corrected chi connectivity index (χ1v) is 5.86. The number of hydrogen-bond donors (Lipinski definition) is 0. The van der Waals surface area contributed by atoms with Crippen LogP contribution in [-0.4, -0.2) is 26.4 Å². The summed E-state index contributed by atoms with van der Waals surface area (Å²) in [5, 5.41) is 0. The Bertz CT molecular complexity index is 350. The predicted molar refractivity (Wildman–Crippen MR) is 61.6 cm³/mol. The lowest BCUT2D eigenvalue weighted by Crippen LogP contribution is -2.02. The third kappa shape index (κ3) is 2.89. The van der Waals surface area contributed by atoms with Crippen molar-refractivity contribution < 1.29 is 14.3 Å². The zero-order valence-corrected chi connectivity index (χ0v) is 9.89. The van der Waals surface area contributed by atoms with Gasteiger partial charge in [-0.05, 0) is 18.4 Å². The van der Waals surface area contributed by atoms with E-state index in [1.165, 1.54) is 7.11 Å². The Morgan fingerprint density at radius 1 is 1.40 bits per heavy atom. The zero-order valence-electron chi connectivity index (χ0n) is 9.07. The molecule has 0 unspecified atom stereocenters. The van der Waals surface area contributed by atoms with E-state index in [9.17, 15) is 4.79 Å². The van der Waals surface area contributed by atoms with Crippen molar-refractivity contribution in [1.29, 1.82) is 0 Å². The molecule has 0 heterocycles. The summed E-state index contributed by atoms with van der Waals surface area (Å²) in [6.45, 7) is 0. The summed E-state index contributed by atoms with van der Waals surface area (Å²) < 4.78 is 9.85. The van der Waals surface area contributed by atoms with Crippen LogP contribution in [0.2, 0.25) is 0 Å². The lowest BCUT2D eigenvalue weighted by atomic mass is 10.1. The van der Waals surface area contributed by atoms with Crippen molar-refractivity contribution >= 4 is 17.7 Å². The number of carbonyl (C=O) groups is 1. The molecule has 0 atom stereocenters. The zero-order chi connectivity index (χ0) is 11.3. The molecular weight excluding hydrogens is 212 g/mol. The maximum atomic E-state index is 11.3. The van der Waals surface area contributed by atoms with Crippen molar-refractivity contribution in [3.63, 3.8) is 0 Å². The highest BCUT2D eigenvalue weighted by atomic mass is 32.2. The number of carbonyl (C=O) groups excluding carboxylic acids is 1. The molecular formula is C11H14O3S. The summed E-state index contributed by atoms with van der Waals surface area (Å²) in [4.78, 5) is 11.3. The van der Waals surface area contributed by atoms with E-state index in [0.29, 0.717) is 5.56 Å². The second-order valence-corrected chi connectivity index (χ2v) is 3.82. The van der Waals surface area contributed by atoms with Crippen molar-refractivity contribution in [3.05, 3.63) is 29.3 Å². The number of rotatable bonds is 4. The van der Waals surface area contributed by atoms with E-state index in [2.05, 4.69) is 4.74 Å². The van der Waals surface area contributed by atoms with Crippen LogP contribution in [0.15, 0.2) is 18.2 Å². The number of methoxy groups -OCH3 is 2. The first-order chi connectivity index (χ1) is 7.22. The molecule has 3 nitrogen and oxygen atoms in total. The van der Waals surface area contributed by atoms with Crippen LogP contribution in [-0.2, 0) is 10.5 Å². The van der Waals surface area contributed by atoms with Gasteiger partial charge < -0.3 is 9.47 Å². The summed E-state index contributed by atoms with van der Waals surface area (Å²) in [6, 6.07) is 5.35. The molecule has 0 aliphatic carbocycles. The molecule has 0 bridgehead atoms. The van der Waals surface area contributed by atoms with Crippen LogP contribution in [0.1, 0.15) is 15.9 Å². The van der Waals surface area contributed by atoms with Crippen molar-refractivity contribution in [2.24, 2.45) is 0 Å². The topological polar surface area (TPSA) is 35.5 Å². The number of esters is 1. The van der Waals surface area contributed by atoms with E-state index in [4.69, 9.17) is 4.74 Å². The summed E-state index contributed by atoms with van der Waals surface area (Å²) in [7, 11) is 2.96. The Kier molecular flexibility index (Phi) is 4.49. The fourth-order valence-electron chi connectivity index (χ4n) is 1.26. The summed E-state index contributed by atoms with van der Waals surface area (Å²) >= 11 is 1.71. The fraction of sp³-hybridized carbons (Fsp3) is 0.364. The van der Waals surface area contributed by atoms with E-state index in [-0.39, 0.29) is 5.97 Å². The summed E-state index contributed by atoms with van der Waals surface area (Å²) in [6.07, 6.45) is 2.02. The van der Waals surface area contributed by atoms with E-state index in [1.807, 2.05) is 12.3 Å². The van der Waals surface area contributed by atoms with Crippen molar-refractivity contribution in [2.75, 3.05) is 20.5 Å². The highest BCUT2D eigenvalue weighted by molar-refractivity contribution is 7.97. The van der Waals surface area contributed by atoms with Gasteiger partial charge in [-0.1, -0.05) is 6.07 Å².